The number of nitrogens with zero attached hydrogens (tertiary/aromatic N) is 1. The highest BCUT2D eigenvalue weighted by atomic mass is 16.4. The van der Waals surface area contributed by atoms with Crippen LogP contribution in [0.1, 0.15) is 46.5 Å². The molecule has 1 aliphatic heterocycles. The highest BCUT2D eigenvalue weighted by Gasteiger charge is 2.31. The summed E-state index contributed by atoms with van der Waals surface area (Å²) in [7, 11) is 0. The third-order valence-electron chi connectivity index (χ3n) is 3.77. The van der Waals surface area contributed by atoms with E-state index in [4.69, 9.17) is 5.11 Å². The van der Waals surface area contributed by atoms with E-state index in [-0.39, 0.29) is 18.4 Å². The van der Waals surface area contributed by atoms with Gasteiger partial charge < -0.3 is 20.4 Å². The van der Waals surface area contributed by atoms with Gasteiger partial charge in [-0.15, -0.1) is 0 Å². The lowest BCUT2D eigenvalue weighted by Crippen LogP contribution is -2.52. The molecule has 0 aromatic heterocycles. The van der Waals surface area contributed by atoms with Crippen molar-refractivity contribution in [2.45, 2.75) is 52.1 Å². The number of nitrogens with one attached hydrogen (secondary N) is 1. The number of carbonyl (C=O) groups excluding carboxylic acids is 1. The van der Waals surface area contributed by atoms with Gasteiger partial charge in [-0.3, -0.25) is 4.79 Å². The quantitative estimate of drug-likeness (QED) is 0.696. The Hall–Kier alpha value is -1.30. The summed E-state index contributed by atoms with van der Waals surface area (Å²) in [6.45, 7) is 7.14. The molecule has 0 spiro atoms. The fourth-order valence-electron chi connectivity index (χ4n) is 2.89. The first kappa shape index (κ1) is 17.8. The first-order chi connectivity index (χ1) is 9.69. The van der Waals surface area contributed by atoms with Crippen LogP contribution in [0.4, 0.5) is 4.79 Å². The minimum absolute atomic E-state index is 0.0586. The van der Waals surface area contributed by atoms with Crippen molar-refractivity contribution in [3.63, 3.8) is 0 Å². The number of likely N-dealkylation sites (tertiary alicyclic amines) is 1. The van der Waals surface area contributed by atoms with Gasteiger partial charge in [-0.2, -0.15) is 0 Å². The zero-order chi connectivity index (χ0) is 16.0. The van der Waals surface area contributed by atoms with E-state index in [1.54, 1.807) is 11.8 Å². The summed E-state index contributed by atoms with van der Waals surface area (Å²) in [5, 5.41) is 21.7. The average Bonchev–Trinajstić information content (AvgIpc) is 2.33. The summed E-state index contributed by atoms with van der Waals surface area (Å²) < 4.78 is 0. The molecule has 1 fully saturated rings. The number of carboxylic acid groups (broad SMARTS) is 1. The molecule has 1 heterocycles. The van der Waals surface area contributed by atoms with Gasteiger partial charge in [0.1, 0.15) is 0 Å². The number of aliphatic hydroxyl groups is 1. The number of piperidine rings is 1. The van der Waals surface area contributed by atoms with Crippen LogP contribution in [0.25, 0.3) is 0 Å². The van der Waals surface area contributed by atoms with Crippen molar-refractivity contribution in [2.24, 2.45) is 11.8 Å². The van der Waals surface area contributed by atoms with Crippen molar-refractivity contribution < 1.29 is 19.8 Å². The Morgan fingerprint density at radius 3 is 2.57 bits per heavy atom. The summed E-state index contributed by atoms with van der Waals surface area (Å²) in [6.07, 6.45) is 2.32. The predicted octanol–water partition coefficient (Wildman–Crippen LogP) is 1.68. The normalized spacial score (nSPS) is 24.0. The van der Waals surface area contributed by atoms with Crippen molar-refractivity contribution in [1.82, 2.24) is 10.2 Å². The SMILES string of the molecule is CC(C)C[C@H](CNC(=O)N1CCCC(C)(O)C1)CC(=O)O. The van der Waals surface area contributed by atoms with Gasteiger partial charge in [-0.05, 0) is 38.0 Å². The second kappa shape index (κ2) is 7.64. The number of hydrogen-bond acceptors (Lipinski definition) is 3. The molecule has 0 aromatic rings. The standard InChI is InChI=1S/C15H28N2O4/c1-11(2)7-12(8-13(18)19)9-16-14(20)17-6-4-5-15(3,21)10-17/h11-12,21H,4-10H2,1-3H3,(H,16,20)(H,18,19)/t12-,15?/m0/s1. The molecule has 6 nitrogen and oxygen atoms in total. The zero-order valence-electron chi connectivity index (χ0n) is 13.3. The van der Waals surface area contributed by atoms with E-state index in [0.29, 0.717) is 32.0 Å². The van der Waals surface area contributed by atoms with Gasteiger partial charge in [0, 0.05) is 19.5 Å². The molecule has 122 valence electrons. The molecule has 0 bridgehead atoms. The Morgan fingerprint density at radius 2 is 2.05 bits per heavy atom. The van der Waals surface area contributed by atoms with E-state index in [1.165, 1.54) is 0 Å². The van der Waals surface area contributed by atoms with Gasteiger partial charge in [0.2, 0.25) is 0 Å². The van der Waals surface area contributed by atoms with Gasteiger partial charge in [0.05, 0.1) is 12.1 Å². The molecule has 1 aliphatic rings. The van der Waals surface area contributed by atoms with Gasteiger partial charge >= 0.3 is 12.0 Å². The number of rotatable bonds is 6. The minimum Gasteiger partial charge on any atom is -0.481 e. The van der Waals surface area contributed by atoms with Crippen LogP contribution in [-0.2, 0) is 4.79 Å². The third kappa shape index (κ3) is 6.80. The second-order valence-electron chi connectivity index (χ2n) is 6.80. The third-order valence-corrected chi connectivity index (χ3v) is 3.77. The maximum atomic E-state index is 12.1. The topological polar surface area (TPSA) is 89.9 Å². The summed E-state index contributed by atoms with van der Waals surface area (Å²) in [4.78, 5) is 24.6. The monoisotopic (exact) mass is 300 g/mol. The number of β-amino-alcohol motifs (C(OH)–C–C–N with tert-alkyl or cyclic N) is 1. The smallest absolute Gasteiger partial charge is 0.317 e. The highest BCUT2D eigenvalue weighted by Crippen LogP contribution is 2.20. The molecule has 1 saturated heterocycles. The number of hydrogen-bond donors (Lipinski definition) is 3. The van der Waals surface area contributed by atoms with Crippen LogP contribution in [0.15, 0.2) is 0 Å². The summed E-state index contributed by atoms with van der Waals surface area (Å²) in [5.41, 5.74) is -0.825. The van der Waals surface area contributed by atoms with Gasteiger partial charge in [-0.25, -0.2) is 4.79 Å². The Balaban J connectivity index is 2.46. The molecular formula is C15H28N2O4. The molecule has 0 radical (unpaired) electrons. The molecule has 0 saturated carbocycles. The molecule has 1 unspecified atom stereocenters. The van der Waals surface area contributed by atoms with Crippen LogP contribution < -0.4 is 5.32 Å². The molecule has 2 amide bonds. The molecule has 0 aliphatic carbocycles. The minimum atomic E-state index is -0.837. The average molecular weight is 300 g/mol. The Bertz CT molecular complexity index is 369. The van der Waals surface area contributed by atoms with Crippen molar-refractivity contribution >= 4 is 12.0 Å². The fraction of sp³-hybridized carbons (Fsp3) is 0.867. The second-order valence-corrected chi connectivity index (χ2v) is 6.80. The molecule has 21 heavy (non-hydrogen) atoms. The lowest BCUT2D eigenvalue weighted by Gasteiger charge is -2.37. The van der Waals surface area contributed by atoms with E-state index in [9.17, 15) is 14.7 Å². The van der Waals surface area contributed by atoms with Crippen LogP contribution in [0.5, 0.6) is 0 Å². The van der Waals surface area contributed by atoms with Gasteiger partial charge in [-0.1, -0.05) is 13.8 Å². The van der Waals surface area contributed by atoms with Crippen LogP contribution in [-0.4, -0.2) is 52.3 Å². The van der Waals surface area contributed by atoms with Gasteiger partial charge in [0.15, 0.2) is 0 Å². The molecule has 1 rings (SSSR count). The van der Waals surface area contributed by atoms with Crippen LogP contribution >= 0.6 is 0 Å². The lowest BCUT2D eigenvalue weighted by molar-refractivity contribution is -0.138. The van der Waals surface area contributed by atoms with E-state index < -0.39 is 11.6 Å². The van der Waals surface area contributed by atoms with Crippen molar-refractivity contribution in [2.75, 3.05) is 19.6 Å². The first-order valence-corrected chi connectivity index (χ1v) is 7.66. The Kier molecular flexibility index (Phi) is 6.45. The number of amides is 2. The van der Waals surface area contributed by atoms with Crippen LogP contribution in [0.3, 0.4) is 0 Å². The summed E-state index contributed by atoms with van der Waals surface area (Å²) >= 11 is 0. The van der Waals surface area contributed by atoms with Crippen LogP contribution in [0.2, 0.25) is 0 Å². The summed E-state index contributed by atoms with van der Waals surface area (Å²) in [5.74, 6) is -0.505. The number of carbonyl (C=O) groups is 2. The summed E-state index contributed by atoms with van der Waals surface area (Å²) in [6, 6.07) is -0.214. The van der Waals surface area contributed by atoms with Crippen LogP contribution in [0, 0.1) is 11.8 Å². The molecular weight excluding hydrogens is 272 g/mol. The van der Waals surface area contributed by atoms with Crippen molar-refractivity contribution in [1.29, 1.82) is 0 Å². The number of aliphatic carboxylic acids is 1. The van der Waals surface area contributed by atoms with Crippen molar-refractivity contribution in [3.05, 3.63) is 0 Å². The Labute approximate surface area is 126 Å². The fourth-order valence-corrected chi connectivity index (χ4v) is 2.89. The number of urea groups is 1. The molecule has 6 heteroatoms. The lowest BCUT2D eigenvalue weighted by atomic mass is 9.94. The molecule has 0 aromatic carbocycles. The van der Waals surface area contributed by atoms with E-state index in [1.807, 2.05) is 13.8 Å². The maximum absolute atomic E-state index is 12.1. The molecule has 2 atom stereocenters. The van der Waals surface area contributed by atoms with Crippen molar-refractivity contribution in [3.8, 4) is 0 Å². The first-order valence-electron chi connectivity index (χ1n) is 7.66. The molecule has 3 N–H and O–H groups in total. The van der Waals surface area contributed by atoms with E-state index >= 15 is 0 Å². The maximum Gasteiger partial charge on any atom is 0.317 e. The number of carboxylic acids is 1. The largest absolute Gasteiger partial charge is 0.481 e. The zero-order valence-corrected chi connectivity index (χ0v) is 13.3. The Morgan fingerprint density at radius 1 is 1.38 bits per heavy atom. The van der Waals surface area contributed by atoms with E-state index in [2.05, 4.69) is 5.32 Å². The predicted molar refractivity (Wildman–Crippen MR) is 80.0 cm³/mol. The van der Waals surface area contributed by atoms with E-state index in [0.717, 1.165) is 12.8 Å². The van der Waals surface area contributed by atoms with Gasteiger partial charge in [0.25, 0.3) is 0 Å². The highest BCUT2D eigenvalue weighted by molar-refractivity contribution is 5.74.